The van der Waals surface area contributed by atoms with Gasteiger partial charge in [-0.3, -0.25) is 0 Å². The molecule has 0 unspecified atom stereocenters. The van der Waals surface area contributed by atoms with Crippen molar-refractivity contribution in [2.75, 3.05) is 0 Å². The molecule has 1 aromatic heterocycles. The third kappa shape index (κ3) is 2.88. The third-order valence-corrected chi connectivity index (χ3v) is 3.92. The Labute approximate surface area is 125 Å². The van der Waals surface area contributed by atoms with E-state index in [0.717, 1.165) is 43.5 Å². The first-order valence-electron chi connectivity index (χ1n) is 6.74. The number of hydrogen-bond donors (Lipinski definition) is 0. The molecule has 2 nitrogen and oxygen atoms in total. The number of aromatic nitrogens is 2. The first kappa shape index (κ1) is 14.3. The van der Waals surface area contributed by atoms with Gasteiger partial charge in [0.25, 0.3) is 0 Å². The Morgan fingerprint density at radius 3 is 2.19 bits per heavy atom. The second kappa shape index (κ2) is 5.64. The molecule has 6 heteroatoms. The van der Waals surface area contributed by atoms with Crippen LogP contribution in [0.3, 0.4) is 0 Å². The Kier molecular flexibility index (Phi) is 3.85. The largest absolute Gasteiger partial charge is 0.233 e. The fraction of sp³-hybridized carbons (Fsp3) is 0.333. The molecule has 0 spiro atoms. The van der Waals surface area contributed by atoms with E-state index >= 15 is 0 Å². The standard InChI is InChI=1S/C15H12ClF3N2/c16-13-7-12(8-3-1-2-4-8)20-15(21-13)9-5-10(17)14(19)11(18)6-9/h5-8H,1-4H2. The molecule has 1 aliphatic rings. The summed E-state index contributed by atoms with van der Waals surface area (Å²) in [7, 11) is 0. The van der Waals surface area contributed by atoms with Gasteiger partial charge in [-0.25, -0.2) is 23.1 Å². The maximum atomic E-state index is 13.3. The lowest BCUT2D eigenvalue weighted by atomic mass is 10.0. The molecular formula is C15H12ClF3N2. The Bertz CT molecular complexity index is 662. The molecule has 1 heterocycles. The van der Waals surface area contributed by atoms with Crippen molar-refractivity contribution in [3.05, 3.63) is 46.5 Å². The van der Waals surface area contributed by atoms with Crippen LogP contribution in [0.2, 0.25) is 5.15 Å². The number of benzene rings is 1. The van der Waals surface area contributed by atoms with Crippen LogP contribution in [0, 0.1) is 17.5 Å². The van der Waals surface area contributed by atoms with Crippen LogP contribution < -0.4 is 0 Å². The molecule has 0 radical (unpaired) electrons. The summed E-state index contributed by atoms with van der Waals surface area (Å²) in [5.74, 6) is -3.63. The fourth-order valence-corrected chi connectivity index (χ4v) is 2.87. The van der Waals surface area contributed by atoms with Crippen LogP contribution in [0.4, 0.5) is 13.2 Å². The Morgan fingerprint density at radius 1 is 0.952 bits per heavy atom. The van der Waals surface area contributed by atoms with E-state index in [1.165, 1.54) is 0 Å². The molecule has 0 bridgehead atoms. The average molecular weight is 313 g/mol. The molecular weight excluding hydrogens is 301 g/mol. The van der Waals surface area contributed by atoms with Gasteiger partial charge in [0, 0.05) is 17.2 Å². The van der Waals surface area contributed by atoms with Gasteiger partial charge in [-0.2, -0.15) is 0 Å². The van der Waals surface area contributed by atoms with Crippen LogP contribution in [0.15, 0.2) is 18.2 Å². The van der Waals surface area contributed by atoms with Crippen molar-refractivity contribution >= 4 is 11.6 Å². The summed E-state index contributed by atoms with van der Waals surface area (Å²) in [4.78, 5) is 8.33. The van der Waals surface area contributed by atoms with Gasteiger partial charge in [-0.15, -0.1) is 0 Å². The van der Waals surface area contributed by atoms with Crippen molar-refractivity contribution < 1.29 is 13.2 Å². The molecule has 1 aromatic carbocycles. The third-order valence-electron chi connectivity index (χ3n) is 3.73. The van der Waals surface area contributed by atoms with Crippen molar-refractivity contribution in [1.29, 1.82) is 0 Å². The monoisotopic (exact) mass is 312 g/mol. The molecule has 1 saturated carbocycles. The molecule has 21 heavy (non-hydrogen) atoms. The van der Waals surface area contributed by atoms with Gasteiger partial charge >= 0.3 is 0 Å². The molecule has 1 fully saturated rings. The molecule has 0 atom stereocenters. The molecule has 3 rings (SSSR count). The molecule has 0 aliphatic heterocycles. The lowest BCUT2D eigenvalue weighted by Gasteiger charge is -2.11. The summed E-state index contributed by atoms with van der Waals surface area (Å²) in [5.41, 5.74) is 0.848. The summed E-state index contributed by atoms with van der Waals surface area (Å²) >= 11 is 5.98. The van der Waals surface area contributed by atoms with Crippen LogP contribution in [0.5, 0.6) is 0 Å². The van der Waals surface area contributed by atoms with E-state index in [2.05, 4.69) is 9.97 Å². The van der Waals surface area contributed by atoms with E-state index in [0.29, 0.717) is 5.92 Å². The van der Waals surface area contributed by atoms with E-state index in [1.54, 1.807) is 6.07 Å². The predicted octanol–water partition coefficient (Wildman–Crippen LogP) is 4.87. The van der Waals surface area contributed by atoms with E-state index in [1.807, 2.05) is 0 Å². The van der Waals surface area contributed by atoms with Crippen LogP contribution >= 0.6 is 11.6 Å². The van der Waals surface area contributed by atoms with Gasteiger partial charge in [0.1, 0.15) is 5.15 Å². The van der Waals surface area contributed by atoms with Gasteiger partial charge in [0.15, 0.2) is 23.3 Å². The van der Waals surface area contributed by atoms with Gasteiger partial charge in [-0.05, 0) is 31.0 Å². The van der Waals surface area contributed by atoms with Crippen LogP contribution in [0.1, 0.15) is 37.3 Å². The SMILES string of the molecule is Fc1cc(-c2nc(Cl)cc(C3CCCC3)n2)cc(F)c1F. The zero-order valence-corrected chi connectivity index (χ0v) is 11.8. The van der Waals surface area contributed by atoms with E-state index < -0.39 is 17.5 Å². The quantitative estimate of drug-likeness (QED) is 0.584. The summed E-state index contributed by atoms with van der Waals surface area (Å²) in [6, 6.07) is 3.43. The minimum atomic E-state index is -1.50. The maximum Gasteiger partial charge on any atom is 0.194 e. The van der Waals surface area contributed by atoms with Crippen LogP contribution in [-0.4, -0.2) is 9.97 Å². The fourth-order valence-electron chi connectivity index (χ4n) is 2.68. The highest BCUT2D eigenvalue weighted by molar-refractivity contribution is 6.29. The molecule has 2 aromatic rings. The lowest BCUT2D eigenvalue weighted by molar-refractivity contribution is 0.447. The van der Waals surface area contributed by atoms with Gasteiger partial charge in [0.05, 0.1) is 0 Å². The minimum Gasteiger partial charge on any atom is -0.233 e. The normalized spacial score (nSPS) is 15.6. The molecule has 0 saturated heterocycles. The molecule has 0 amide bonds. The zero-order valence-electron chi connectivity index (χ0n) is 11.0. The Hall–Kier alpha value is -1.62. The molecule has 110 valence electrons. The highest BCUT2D eigenvalue weighted by Crippen LogP contribution is 2.34. The highest BCUT2D eigenvalue weighted by atomic mass is 35.5. The number of halogens is 4. The smallest absolute Gasteiger partial charge is 0.194 e. The Balaban J connectivity index is 2.06. The second-order valence-electron chi connectivity index (χ2n) is 5.17. The minimum absolute atomic E-state index is 0.0770. The molecule has 1 aliphatic carbocycles. The lowest BCUT2D eigenvalue weighted by Crippen LogP contribution is -2.01. The van der Waals surface area contributed by atoms with Crippen LogP contribution in [0.25, 0.3) is 11.4 Å². The van der Waals surface area contributed by atoms with Crippen LogP contribution in [-0.2, 0) is 0 Å². The van der Waals surface area contributed by atoms with Gasteiger partial charge < -0.3 is 0 Å². The first-order valence-corrected chi connectivity index (χ1v) is 7.12. The van der Waals surface area contributed by atoms with E-state index in [4.69, 9.17) is 11.6 Å². The predicted molar refractivity (Wildman–Crippen MR) is 73.6 cm³/mol. The van der Waals surface area contributed by atoms with Crippen molar-refractivity contribution in [2.24, 2.45) is 0 Å². The van der Waals surface area contributed by atoms with E-state index in [9.17, 15) is 13.2 Å². The van der Waals surface area contributed by atoms with Crippen molar-refractivity contribution in [2.45, 2.75) is 31.6 Å². The van der Waals surface area contributed by atoms with Crippen molar-refractivity contribution in [3.8, 4) is 11.4 Å². The topological polar surface area (TPSA) is 25.8 Å². The number of rotatable bonds is 2. The van der Waals surface area contributed by atoms with Crippen molar-refractivity contribution in [3.63, 3.8) is 0 Å². The first-order chi connectivity index (χ1) is 10.0. The number of hydrogen-bond acceptors (Lipinski definition) is 2. The van der Waals surface area contributed by atoms with Crippen molar-refractivity contribution in [1.82, 2.24) is 9.97 Å². The average Bonchev–Trinajstić information content (AvgIpc) is 2.97. The maximum absolute atomic E-state index is 13.3. The Morgan fingerprint density at radius 2 is 1.57 bits per heavy atom. The summed E-state index contributed by atoms with van der Waals surface area (Å²) in [6.45, 7) is 0. The number of nitrogens with zero attached hydrogens (tertiary/aromatic N) is 2. The van der Waals surface area contributed by atoms with Gasteiger partial charge in [-0.1, -0.05) is 24.4 Å². The highest BCUT2D eigenvalue weighted by Gasteiger charge is 2.21. The summed E-state index contributed by atoms with van der Waals surface area (Å²) in [5, 5.41) is 0.215. The molecule has 0 N–H and O–H groups in total. The van der Waals surface area contributed by atoms with E-state index in [-0.39, 0.29) is 16.5 Å². The summed E-state index contributed by atoms with van der Waals surface area (Å²) < 4.78 is 39.7. The van der Waals surface area contributed by atoms with Gasteiger partial charge in [0.2, 0.25) is 0 Å². The summed E-state index contributed by atoms with van der Waals surface area (Å²) in [6.07, 6.45) is 4.28. The second-order valence-corrected chi connectivity index (χ2v) is 5.56. The zero-order chi connectivity index (χ0) is 15.0.